The Morgan fingerprint density at radius 2 is 1.78 bits per heavy atom. The number of carbonyl (C=O) groups excluding carboxylic acids is 1. The van der Waals surface area contributed by atoms with Gasteiger partial charge in [0, 0.05) is 43.2 Å². The average Bonchev–Trinajstić information content (AvgIpc) is 3.16. The van der Waals surface area contributed by atoms with Gasteiger partial charge in [-0.1, -0.05) is 17.7 Å². The lowest BCUT2D eigenvalue weighted by molar-refractivity contribution is -0.137. The standard InChI is InChI=1S/C21H16ClF3N2O5/c22-18-14-11-17(32-20(29)30)31-16(14)5-4-15(18)26-6-8-27(9-7-26)19(28)12-2-1-3-13(10-12)21(23,24)25/h1-5,10-11H,6-9H2,(H,29,30). The summed E-state index contributed by atoms with van der Waals surface area (Å²) in [6.45, 7) is 1.41. The van der Waals surface area contributed by atoms with E-state index in [1.807, 2.05) is 4.90 Å². The first-order valence-electron chi connectivity index (χ1n) is 9.48. The largest absolute Gasteiger partial charge is 0.513 e. The van der Waals surface area contributed by atoms with Crippen molar-refractivity contribution >= 4 is 40.3 Å². The first-order valence-corrected chi connectivity index (χ1v) is 9.85. The molecule has 0 radical (unpaired) electrons. The van der Waals surface area contributed by atoms with E-state index in [0.717, 1.165) is 12.1 Å². The fraction of sp³-hybridized carbons (Fsp3) is 0.238. The second kappa shape index (κ2) is 8.27. The molecule has 1 aromatic heterocycles. The summed E-state index contributed by atoms with van der Waals surface area (Å²) in [5.74, 6) is -0.675. The molecule has 4 rings (SSSR count). The SMILES string of the molecule is O=C(O)Oc1cc2c(Cl)c(N3CCN(C(=O)c4cccc(C(F)(F)F)c4)CC3)ccc2o1. The number of ether oxygens (including phenoxy) is 1. The highest BCUT2D eigenvalue weighted by molar-refractivity contribution is 6.38. The Balaban J connectivity index is 1.48. The average molecular weight is 469 g/mol. The number of furan rings is 1. The Kier molecular flexibility index (Phi) is 5.64. The van der Waals surface area contributed by atoms with Gasteiger partial charge in [-0.15, -0.1) is 0 Å². The van der Waals surface area contributed by atoms with Gasteiger partial charge in [0.05, 0.1) is 16.3 Å². The predicted octanol–water partition coefficient (Wildman–Crippen LogP) is 5.12. The molecule has 0 aliphatic carbocycles. The number of nitrogens with zero attached hydrogens (tertiary/aromatic N) is 2. The molecular weight excluding hydrogens is 453 g/mol. The van der Waals surface area contributed by atoms with Crippen LogP contribution in [-0.4, -0.2) is 48.2 Å². The minimum absolute atomic E-state index is 0.0166. The van der Waals surface area contributed by atoms with Crippen molar-refractivity contribution in [2.24, 2.45) is 0 Å². The molecule has 0 atom stereocenters. The van der Waals surface area contributed by atoms with Crippen molar-refractivity contribution in [3.63, 3.8) is 0 Å². The normalized spacial score (nSPS) is 14.6. The lowest BCUT2D eigenvalue weighted by atomic mass is 10.1. The van der Waals surface area contributed by atoms with E-state index < -0.39 is 23.8 Å². The molecule has 1 aliphatic heterocycles. The van der Waals surface area contributed by atoms with Gasteiger partial charge in [0.25, 0.3) is 11.9 Å². The Morgan fingerprint density at radius 1 is 1.06 bits per heavy atom. The molecule has 0 saturated carbocycles. The molecule has 168 valence electrons. The molecule has 1 aliphatic rings. The van der Waals surface area contributed by atoms with Gasteiger partial charge in [-0.2, -0.15) is 13.2 Å². The fourth-order valence-electron chi connectivity index (χ4n) is 3.59. The summed E-state index contributed by atoms with van der Waals surface area (Å²) in [5, 5.41) is 9.53. The molecule has 1 N–H and O–H groups in total. The van der Waals surface area contributed by atoms with Crippen LogP contribution in [0.4, 0.5) is 23.7 Å². The molecule has 32 heavy (non-hydrogen) atoms. The zero-order chi connectivity index (χ0) is 23.0. The van der Waals surface area contributed by atoms with Crippen molar-refractivity contribution in [1.82, 2.24) is 4.90 Å². The zero-order valence-electron chi connectivity index (χ0n) is 16.4. The minimum Gasteiger partial charge on any atom is -0.449 e. The van der Waals surface area contributed by atoms with Crippen LogP contribution in [0.5, 0.6) is 5.95 Å². The summed E-state index contributed by atoms with van der Waals surface area (Å²) in [7, 11) is 0. The van der Waals surface area contributed by atoms with Crippen LogP contribution in [-0.2, 0) is 6.18 Å². The van der Waals surface area contributed by atoms with E-state index in [4.69, 9.17) is 21.1 Å². The van der Waals surface area contributed by atoms with Crippen LogP contribution in [0.2, 0.25) is 5.02 Å². The topological polar surface area (TPSA) is 83.2 Å². The number of halogens is 4. The molecule has 0 unspecified atom stereocenters. The van der Waals surface area contributed by atoms with E-state index in [1.54, 1.807) is 12.1 Å². The second-order valence-corrected chi connectivity index (χ2v) is 7.48. The minimum atomic E-state index is -4.52. The first kappa shape index (κ1) is 21.8. The molecule has 0 spiro atoms. The van der Waals surface area contributed by atoms with Gasteiger partial charge >= 0.3 is 12.3 Å². The van der Waals surface area contributed by atoms with Gasteiger partial charge in [-0.25, -0.2) is 4.79 Å². The molecule has 3 aromatic rings. The zero-order valence-corrected chi connectivity index (χ0v) is 17.1. The highest BCUT2D eigenvalue weighted by Gasteiger charge is 2.32. The summed E-state index contributed by atoms with van der Waals surface area (Å²) in [5.41, 5.74) is 0.131. The number of carbonyl (C=O) groups is 2. The third-order valence-corrected chi connectivity index (χ3v) is 5.52. The van der Waals surface area contributed by atoms with E-state index in [1.165, 1.54) is 23.1 Å². The van der Waals surface area contributed by atoms with Crippen molar-refractivity contribution in [3.05, 3.63) is 58.6 Å². The number of hydrogen-bond acceptors (Lipinski definition) is 5. The second-order valence-electron chi connectivity index (χ2n) is 7.10. The Morgan fingerprint density at radius 3 is 2.44 bits per heavy atom. The molecule has 2 aromatic carbocycles. The number of benzene rings is 2. The molecule has 2 heterocycles. The van der Waals surface area contributed by atoms with Crippen LogP contribution in [0.1, 0.15) is 15.9 Å². The third kappa shape index (κ3) is 4.31. The van der Waals surface area contributed by atoms with Crippen molar-refractivity contribution in [2.45, 2.75) is 6.18 Å². The van der Waals surface area contributed by atoms with Crippen LogP contribution in [0.3, 0.4) is 0 Å². The third-order valence-electron chi connectivity index (χ3n) is 5.12. The molecule has 1 saturated heterocycles. The van der Waals surface area contributed by atoms with Crippen LogP contribution in [0.15, 0.2) is 46.9 Å². The summed E-state index contributed by atoms with van der Waals surface area (Å²) in [4.78, 5) is 26.8. The number of hydrogen-bond donors (Lipinski definition) is 1. The van der Waals surface area contributed by atoms with Gasteiger partial charge in [-0.3, -0.25) is 4.79 Å². The number of rotatable bonds is 3. The molecule has 1 fully saturated rings. The van der Waals surface area contributed by atoms with Crippen LogP contribution < -0.4 is 9.64 Å². The van der Waals surface area contributed by atoms with E-state index in [2.05, 4.69) is 4.74 Å². The van der Waals surface area contributed by atoms with Gasteiger partial charge in [0.15, 0.2) is 0 Å². The maximum absolute atomic E-state index is 12.9. The summed E-state index contributed by atoms with van der Waals surface area (Å²) >= 11 is 6.49. The summed E-state index contributed by atoms with van der Waals surface area (Å²) < 4.78 is 48.6. The monoisotopic (exact) mass is 468 g/mol. The van der Waals surface area contributed by atoms with E-state index >= 15 is 0 Å². The number of piperazine rings is 1. The number of carboxylic acid groups (broad SMARTS) is 1. The van der Waals surface area contributed by atoms with Crippen LogP contribution in [0, 0.1) is 0 Å². The van der Waals surface area contributed by atoms with E-state index in [-0.39, 0.29) is 11.5 Å². The Labute approximate surface area is 184 Å². The first-order chi connectivity index (χ1) is 15.1. The van der Waals surface area contributed by atoms with Crippen molar-refractivity contribution in [1.29, 1.82) is 0 Å². The Hall–Kier alpha value is -3.40. The van der Waals surface area contributed by atoms with Crippen LogP contribution >= 0.6 is 11.6 Å². The molecule has 7 nitrogen and oxygen atoms in total. The number of anilines is 1. The number of amides is 1. The summed E-state index contributed by atoms with van der Waals surface area (Å²) in [6, 6.07) is 9.08. The lowest BCUT2D eigenvalue weighted by Crippen LogP contribution is -2.48. The van der Waals surface area contributed by atoms with Crippen LogP contribution in [0.25, 0.3) is 11.0 Å². The summed E-state index contributed by atoms with van der Waals surface area (Å²) in [6.07, 6.45) is -6.03. The highest BCUT2D eigenvalue weighted by Crippen LogP contribution is 2.38. The molecule has 11 heteroatoms. The smallest absolute Gasteiger partial charge is 0.449 e. The van der Waals surface area contributed by atoms with Crippen molar-refractivity contribution in [3.8, 4) is 5.95 Å². The quantitative estimate of drug-likeness (QED) is 0.537. The molecule has 1 amide bonds. The number of fused-ring (bicyclic) bond motifs is 1. The number of alkyl halides is 3. The molecule has 0 bridgehead atoms. The van der Waals surface area contributed by atoms with Crippen molar-refractivity contribution in [2.75, 3.05) is 31.1 Å². The molecular formula is C21H16ClF3N2O5. The van der Waals surface area contributed by atoms with E-state index in [0.29, 0.717) is 47.9 Å². The van der Waals surface area contributed by atoms with Crippen molar-refractivity contribution < 1.29 is 37.0 Å². The van der Waals surface area contributed by atoms with Gasteiger partial charge < -0.3 is 24.1 Å². The fourth-order valence-corrected chi connectivity index (χ4v) is 3.92. The van der Waals surface area contributed by atoms with Gasteiger partial charge in [-0.05, 0) is 30.3 Å². The van der Waals surface area contributed by atoms with Gasteiger partial charge in [0.2, 0.25) is 0 Å². The van der Waals surface area contributed by atoms with E-state index in [9.17, 15) is 22.8 Å². The van der Waals surface area contributed by atoms with Gasteiger partial charge in [0.1, 0.15) is 5.58 Å². The maximum Gasteiger partial charge on any atom is 0.513 e. The lowest BCUT2D eigenvalue weighted by Gasteiger charge is -2.36. The maximum atomic E-state index is 12.9. The highest BCUT2D eigenvalue weighted by atomic mass is 35.5. The Bertz CT molecular complexity index is 1190. The predicted molar refractivity (Wildman–Crippen MR) is 109 cm³/mol.